The van der Waals surface area contributed by atoms with Crippen molar-refractivity contribution in [1.29, 1.82) is 0 Å². The molecule has 0 fully saturated rings. The van der Waals surface area contributed by atoms with Crippen LogP contribution in [0.4, 0.5) is 0 Å². The van der Waals surface area contributed by atoms with Crippen LogP contribution in [0.1, 0.15) is 24.7 Å². The van der Waals surface area contributed by atoms with E-state index in [4.69, 9.17) is 4.74 Å². The van der Waals surface area contributed by atoms with Crippen LogP contribution in [0.2, 0.25) is 0 Å². The predicted octanol–water partition coefficient (Wildman–Crippen LogP) is 2.17. The van der Waals surface area contributed by atoms with Crippen molar-refractivity contribution in [2.45, 2.75) is 26.4 Å². The third-order valence-corrected chi connectivity index (χ3v) is 2.46. The molecule has 1 heterocycles. The maximum absolute atomic E-state index is 10.9. The number of hydrogen-bond acceptors (Lipinski definition) is 5. The summed E-state index contributed by atoms with van der Waals surface area (Å²) in [5, 5.41) is 3.65. The lowest BCUT2D eigenvalue weighted by molar-refractivity contribution is -0.116. The summed E-state index contributed by atoms with van der Waals surface area (Å²) in [6.45, 7) is 1.88. The topological polar surface area (TPSA) is 65.2 Å². The Morgan fingerprint density at radius 1 is 1.33 bits per heavy atom. The molecule has 2 aromatic rings. The molecular weight excluding hydrogens is 232 g/mol. The molecule has 94 valence electrons. The van der Waals surface area contributed by atoms with E-state index in [1.165, 1.54) is 6.39 Å². The summed E-state index contributed by atoms with van der Waals surface area (Å²) in [5.74, 6) is 1.45. The van der Waals surface area contributed by atoms with Crippen LogP contribution >= 0.6 is 0 Å². The first-order valence-electron chi connectivity index (χ1n) is 5.70. The van der Waals surface area contributed by atoms with Crippen molar-refractivity contribution in [2.24, 2.45) is 0 Å². The zero-order valence-electron chi connectivity index (χ0n) is 10.1. The van der Waals surface area contributed by atoms with Crippen molar-refractivity contribution in [2.75, 3.05) is 0 Å². The Bertz CT molecular complexity index is 491. The van der Waals surface area contributed by atoms with E-state index >= 15 is 0 Å². The molecule has 0 aliphatic heterocycles. The van der Waals surface area contributed by atoms with Gasteiger partial charge in [-0.3, -0.25) is 0 Å². The number of aryl methyl sites for hydroxylation is 1. The van der Waals surface area contributed by atoms with E-state index in [1.54, 1.807) is 6.92 Å². The smallest absolute Gasteiger partial charge is 0.213 e. The largest absolute Gasteiger partial charge is 0.485 e. The van der Waals surface area contributed by atoms with Gasteiger partial charge in [0.1, 0.15) is 11.5 Å². The zero-order valence-corrected chi connectivity index (χ0v) is 10.1. The molecule has 18 heavy (non-hydrogen) atoms. The highest BCUT2D eigenvalue weighted by Crippen LogP contribution is 2.14. The van der Waals surface area contributed by atoms with Gasteiger partial charge >= 0.3 is 0 Å². The van der Waals surface area contributed by atoms with Crippen molar-refractivity contribution < 1.29 is 14.1 Å². The first-order chi connectivity index (χ1) is 8.74. The highest BCUT2D eigenvalue weighted by molar-refractivity contribution is 5.75. The molecule has 2 rings (SSSR count). The predicted molar refractivity (Wildman–Crippen MR) is 64.1 cm³/mol. The molecule has 0 N–H and O–H groups in total. The lowest BCUT2D eigenvalue weighted by Crippen LogP contribution is -1.98. The van der Waals surface area contributed by atoms with Gasteiger partial charge in [0.2, 0.25) is 12.2 Å². The Labute approximate surface area is 105 Å². The third-order valence-electron chi connectivity index (χ3n) is 2.46. The number of hydrogen-bond donors (Lipinski definition) is 0. The Kier molecular flexibility index (Phi) is 4.06. The highest BCUT2D eigenvalue weighted by Gasteiger charge is 2.01. The van der Waals surface area contributed by atoms with Gasteiger partial charge in [0.15, 0.2) is 6.61 Å². The van der Waals surface area contributed by atoms with Crippen LogP contribution in [-0.4, -0.2) is 15.9 Å². The maximum atomic E-state index is 10.9. The molecule has 0 atom stereocenters. The van der Waals surface area contributed by atoms with Crippen LogP contribution in [0, 0.1) is 0 Å². The SMILES string of the molecule is CC(=O)CCc1ccc(OCc2ncon2)cc1. The summed E-state index contributed by atoms with van der Waals surface area (Å²) in [6.07, 6.45) is 2.60. The van der Waals surface area contributed by atoms with Gasteiger partial charge in [-0.05, 0) is 31.0 Å². The Hall–Kier alpha value is -2.17. The van der Waals surface area contributed by atoms with Crippen LogP contribution in [0.3, 0.4) is 0 Å². The maximum Gasteiger partial charge on any atom is 0.213 e. The molecule has 0 aliphatic rings. The molecule has 5 heteroatoms. The Balaban J connectivity index is 1.85. The molecule has 1 aromatic heterocycles. The van der Waals surface area contributed by atoms with Gasteiger partial charge in [-0.1, -0.05) is 17.3 Å². The molecule has 0 saturated heterocycles. The molecule has 1 aromatic carbocycles. The van der Waals surface area contributed by atoms with Crippen molar-refractivity contribution in [3.05, 3.63) is 42.0 Å². The van der Waals surface area contributed by atoms with Gasteiger partial charge in [0.25, 0.3) is 0 Å². The molecule has 0 aliphatic carbocycles. The fourth-order valence-electron chi connectivity index (χ4n) is 1.48. The van der Waals surface area contributed by atoms with Gasteiger partial charge in [-0.15, -0.1) is 0 Å². The monoisotopic (exact) mass is 246 g/mol. The van der Waals surface area contributed by atoms with Gasteiger partial charge in [-0.2, -0.15) is 4.98 Å². The average molecular weight is 246 g/mol. The lowest BCUT2D eigenvalue weighted by atomic mass is 10.1. The van der Waals surface area contributed by atoms with E-state index in [0.717, 1.165) is 17.7 Å². The van der Waals surface area contributed by atoms with E-state index in [-0.39, 0.29) is 12.4 Å². The van der Waals surface area contributed by atoms with Crippen LogP contribution in [0.5, 0.6) is 5.75 Å². The molecule has 0 amide bonds. The normalized spacial score (nSPS) is 10.3. The third kappa shape index (κ3) is 3.69. The highest BCUT2D eigenvalue weighted by atomic mass is 16.5. The van der Waals surface area contributed by atoms with Gasteiger partial charge in [0.05, 0.1) is 0 Å². The summed E-state index contributed by atoms with van der Waals surface area (Å²) in [7, 11) is 0. The lowest BCUT2D eigenvalue weighted by Gasteiger charge is -2.04. The van der Waals surface area contributed by atoms with Crippen molar-refractivity contribution in [3.8, 4) is 5.75 Å². The second kappa shape index (κ2) is 5.95. The summed E-state index contributed by atoms with van der Waals surface area (Å²) in [4.78, 5) is 14.7. The summed E-state index contributed by atoms with van der Waals surface area (Å²) >= 11 is 0. The van der Waals surface area contributed by atoms with Gasteiger partial charge < -0.3 is 14.1 Å². The first-order valence-corrected chi connectivity index (χ1v) is 5.70. The average Bonchev–Trinajstić information content (AvgIpc) is 2.88. The fraction of sp³-hybridized carbons (Fsp3) is 0.308. The molecule has 0 unspecified atom stereocenters. The van der Waals surface area contributed by atoms with Gasteiger partial charge in [-0.25, -0.2) is 0 Å². The number of nitrogens with zero attached hydrogens (tertiary/aromatic N) is 2. The minimum atomic E-state index is 0.201. The quantitative estimate of drug-likeness (QED) is 0.781. The Morgan fingerprint density at radius 3 is 2.72 bits per heavy atom. The number of Topliss-reactive ketones (excluding diaryl/α,β-unsaturated/α-hetero) is 1. The van der Waals surface area contributed by atoms with E-state index in [0.29, 0.717) is 12.2 Å². The van der Waals surface area contributed by atoms with Crippen LogP contribution in [-0.2, 0) is 17.8 Å². The second-order valence-electron chi connectivity index (χ2n) is 3.98. The number of ether oxygens (including phenoxy) is 1. The van der Waals surface area contributed by atoms with Crippen molar-refractivity contribution >= 4 is 5.78 Å². The van der Waals surface area contributed by atoms with E-state index in [2.05, 4.69) is 14.7 Å². The molecule has 5 nitrogen and oxygen atoms in total. The fourth-order valence-corrected chi connectivity index (χ4v) is 1.48. The first kappa shape index (κ1) is 12.3. The van der Waals surface area contributed by atoms with Crippen LogP contribution in [0.25, 0.3) is 0 Å². The summed E-state index contributed by atoms with van der Waals surface area (Å²) in [6, 6.07) is 7.65. The molecule has 0 spiro atoms. The number of rotatable bonds is 6. The molecule has 0 saturated carbocycles. The minimum Gasteiger partial charge on any atom is -0.485 e. The van der Waals surface area contributed by atoms with Gasteiger partial charge in [0, 0.05) is 6.42 Å². The number of aromatic nitrogens is 2. The van der Waals surface area contributed by atoms with Crippen molar-refractivity contribution in [1.82, 2.24) is 10.1 Å². The molecular formula is C13H14N2O3. The standard InChI is InChI=1S/C13H14N2O3/c1-10(16)2-3-11-4-6-12(7-5-11)17-8-13-14-9-18-15-13/h4-7,9H,2-3,8H2,1H3. The zero-order chi connectivity index (χ0) is 12.8. The Morgan fingerprint density at radius 2 is 2.11 bits per heavy atom. The molecule has 0 bridgehead atoms. The van der Waals surface area contributed by atoms with E-state index in [1.807, 2.05) is 24.3 Å². The minimum absolute atomic E-state index is 0.201. The number of carbonyl (C=O) groups is 1. The summed E-state index contributed by atoms with van der Waals surface area (Å²) in [5.41, 5.74) is 1.12. The number of benzene rings is 1. The van der Waals surface area contributed by atoms with Crippen LogP contribution < -0.4 is 4.74 Å². The number of carbonyl (C=O) groups excluding carboxylic acids is 1. The summed E-state index contributed by atoms with van der Waals surface area (Å²) < 4.78 is 10.1. The number of ketones is 1. The van der Waals surface area contributed by atoms with E-state index < -0.39 is 0 Å². The second-order valence-corrected chi connectivity index (χ2v) is 3.98. The van der Waals surface area contributed by atoms with Crippen molar-refractivity contribution in [3.63, 3.8) is 0 Å². The molecule has 0 radical (unpaired) electrons. The van der Waals surface area contributed by atoms with Crippen LogP contribution in [0.15, 0.2) is 35.2 Å². The van der Waals surface area contributed by atoms with E-state index in [9.17, 15) is 4.79 Å².